The van der Waals surface area contributed by atoms with Crippen molar-refractivity contribution in [3.63, 3.8) is 0 Å². The van der Waals surface area contributed by atoms with Gasteiger partial charge in [0.25, 0.3) is 5.56 Å². The van der Waals surface area contributed by atoms with Gasteiger partial charge in [0.15, 0.2) is 5.65 Å². The van der Waals surface area contributed by atoms with Gasteiger partial charge in [-0.2, -0.15) is 0 Å². The van der Waals surface area contributed by atoms with Gasteiger partial charge in [-0.15, -0.1) is 0 Å². The van der Waals surface area contributed by atoms with Crippen molar-refractivity contribution in [1.29, 1.82) is 0 Å². The topological polar surface area (TPSA) is 53.4 Å². The van der Waals surface area contributed by atoms with Gasteiger partial charge in [-0.25, -0.2) is 9.50 Å². The molecular weight excluding hydrogens is 228 g/mol. The number of nitrogens with zero attached hydrogens (tertiary/aromatic N) is 3. The van der Waals surface area contributed by atoms with Crippen LogP contribution in [0.1, 0.15) is 25.6 Å². The Morgan fingerprint density at radius 1 is 1.50 bits per heavy atom. The molecular formula is C13H18N4O. The molecule has 0 bridgehead atoms. The molecule has 0 radical (unpaired) electrons. The van der Waals surface area contributed by atoms with E-state index in [0.717, 1.165) is 18.8 Å². The van der Waals surface area contributed by atoms with Gasteiger partial charge in [0.2, 0.25) is 0 Å². The Morgan fingerprint density at radius 3 is 3.17 bits per heavy atom. The molecule has 2 aromatic heterocycles. The SMILES string of the molecule is CCN1CCCC1Cc1nc2cccc(=O)n2[nH]1. The molecule has 1 aliphatic rings. The summed E-state index contributed by atoms with van der Waals surface area (Å²) in [6, 6.07) is 5.71. The number of aromatic nitrogens is 3. The van der Waals surface area contributed by atoms with Gasteiger partial charge in [-0.05, 0) is 32.0 Å². The minimum Gasteiger partial charge on any atom is -0.300 e. The average Bonchev–Trinajstić information content (AvgIpc) is 2.96. The van der Waals surface area contributed by atoms with Gasteiger partial charge in [-0.1, -0.05) is 13.0 Å². The van der Waals surface area contributed by atoms with E-state index in [4.69, 9.17) is 0 Å². The largest absolute Gasteiger partial charge is 0.300 e. The lowest BCUT2D eigenvalue weighted by Crippen LogP contribution is -2.31. The maximum atomic E-state index is 11.6. The van der Waals surface area contributed by atoms with Crippen molar-refractivity contribution in [3.8, 4) is 0 Å². The number of likely N-dealkylation sites (N-methyl/N-ethyl adjacent to an activating group) is 1. The first kappa shape index (κ1) is 11.5. The minimum absolute atomic E-state index is 0.0509. The van der Waals surface area contributed by atoms with Crippen molar-refractivity contribution in [3.05, 3.63) is 34.4 Å². The third kappa shape index (κ3) is 1.95. The summed E-state index contributed by atoms with van der Waals surface area (Å²) in [6.45, 7) is 4.47. The van der Waals surface area contributed by atoms with Crippen molar-refractivity contribution in [2.45, 2.75) is 32.2 Å². The highest BCUT2D eigenvalue weighted by molar-refractivity contribution is 5.36. The third-order valence-electron chi connectivity index (χ3n) is 3.76. The molecule has 5 nitrogen and oxygen atoms in total. The van der Waals surface area contributed by atoms with Crippen LogP contribution in [0.4, 0.5) is 0 Å². The van der Waals surface area contributed by atoms with Gasteiger partial charge >= 0.3 is 0 Å². The van der Waals surface area contributed by atoms with Crippen LogP contribution >= 0.6 is 0 Å². The zero-order chi connectivity index (χ0) is 12.5. The molecule has 0 saturated carbocycles. The van der Waals surface area contributed by atoms with Crippen LogP contribution in [-0.4, -0.2) is 38.6 Å². The standard InChI is InChI=1S/C13H18N4O/c1-2-16-8-4-5-10(16)9-11-14-12-6-3-7-13(18)17(12)15-11/h3,6-7,10H,2,4-5,8-9H2,1H3,(H,14,15). The number of rotatable bonds is 3. The molecule has 1 unspecified atom stereocenters. The number of hydrogen-bond acceptors (Lipinski definition) is 3. The number of fused-ring (bicyclic) bond motifs is 1. The van der Waals surface area contributed by atoms with Gasteiger partial charge in [0.1, 0.15) is 5.82 Å². The van der Waals surface area contributed by atoms with E-state index in [0.29, 0.717) is 11.7 Å². The normalized spacial score (nSPS) is 20.8. The van der Waals surface area contributed by atoms with E-state index in [9.17, 15) is 4.79 Å². The molecule has 0 spiro atoms. The van der Waals surface area contributed by atoms with E-state index < -0.39 is 0 Å². The Morgan fingerprint density at radius 2 is 2.39 bits per heavy atom. The van der Waals surface area contributed by atoms with Crippen LogP contribution in [-0.2, 0) is 6.42 Å². The minimum atomic E-state index is -0.0509. The molecule has 1 fully saturated rings. The Balaban J connectivity index is 1.87. The van der Waals surface area contributed by atoms with Crippen LogP contribution in [0.3, 0.4) is 0 Å². The van der Waals surface area contributed by atoms with E-state index in [1.165, 1.54) is 23.9 Å². The molecule has 0 aromatic carbocycles. The molecule has 1 saturated heterocycles. The van der Waals surface area contributed by atoms with Crippen LogP contribution in [0, 0.1) is 0 Å². The molecule has 18 heavy (non-hydrogen) atoms. The average molecular weight is 246 g/mol. The lowest BCUT2D eigenvalue weighted by atomic mass is 10.1. The molecule has 0 aliphatic carbocycles. The summed E-state index contributed by atoms with van der Waals surface area (Å²) in [5.41, 5.74) is 0.656. The number of pyridine rings is 1. The Bertz CT molecular complexity index is 600. The fraction of sp³-hybridized carbons (Fsp3) is 0.538. The van der Waals surface area contributed by atoms with Crippen molar-refractivity contribution >= 4 is 5.65 Å². The van der Waals surface area contributed by atoms with E-state index in [-0.39, 0.29) is 5.56 Å². The number of H-pyrrole nitrogens is 1. The van der Waals surface area contributed by atoms with E-state index in [2.05, 4.69) is 21.9 Å². The second kappa shape index (κ2) is 4.57. The summed E-state index contributed by atoms with van der Waals surface area (Å²) >= 11 is 0. The van der Waals surface area contributed by atoms with Gasteiger partial charge in [0, 0.05) is 18.5 Å². The fourth-order valence-corrected chi connectivity index (χ4v) is 2.83. The predicted molar refractivity (Wildman–Crippen MR) is 69.8 cm³/mol. The molecule has 1 N–H and O–H groups in total. The molecule has 0 amide bonds. The van der Waals surface area contributed by atoms with E-state index >= 15 is 0 Å². The second-order valence-corrected chi connectivity index (χ2v) is 4.86. The van der Waals surface area contributed by atoms with Gasteiger partial charge < -0.3 is 4.90 Å². The van der Waals surface area contributed by atoms with E-state index in [1.807, 2.05) is 6.07 Å². The highest BCUT2D eigenvalue weighted by Crippen LogP contribution is 2.19. The molecule has 1 aliphatic heterocycles. The van der Waals surface area contributed by atoms with Crippen molar-refractivity contribution in [2.75, 3.05) is 13.1 Å². The highest BCUT2D eigenvalue weighted by atomic mass is 16.1. The summed E-state index contributed by atoms with van der Waals surface area (Å²) in [6.07, 6.45) is 3.38. The second-order valence-electron chi connectivity index (χ2n) is 4.86. The summed E-state index contributed by atoms with van der Waals surface area (Å²) < 4.78 is 1.51. The van der Waals surface area contributed by atoms with Crippen molar-refractivity contribution < 1.29 is 0 Å². The summed E-state index contributed by atoms with van der Waals surface area (Å²) in [5.74, 6) is 0.906. The molecule has 5 heteroatoms. The van der Waals surface area contributed by atoms with Crippen molar-refractivity contribution in [2.24, 2.45) is 0 Å². The smallest absolute Gasteiger partial charge is 0.271 e. The maximum absolute atomic E-state index is 11.6. The molecule has 3 rings (SSSR count). The fourth-order valence-electron chi connectivity index (χ4n) is 2.83. The van der Waals surface area contributed by atoms with Crippen LogP contribution in [0.5, 0.6) is 0 Å². The summed E-state index contributed by atoms with van der Waals surface area (Å²) in [5, 5.41) is 3.10. The highest BCUT2D eigenvalue weighted by Gasteiger charge is 2.24. The monoisotopic (exact) mass is 246 g/mol. The lowest BCUT2D eigenvalue weighted by Gasteiger charge is -2.21. The zero-order valence-corrected chi connectivity index (χ0v) is 10.6. The zero-order valence-electron chi connectivity index (χ0n) is 10.6. The molecule has 1 atom stereocenters. The summed E-state index contributed by atoms with van der Waals surface area (Å²) in [7, 11) is 0. The number of nitrogens with one attached hydrogen (secondary N) is 1. The molecule has 2 aromatic rings. The quantitative estimate of drug-likeness (QED) is 0.880. The Kier molecular flexibility index (Phi) is 2.91. The molecule has 3 heterocycles. The van der Waals surface area contributed by atoms with E-state index in [1.54, 1.807) is 12.1 Å². The van der Waals surface area contributed by atoms with Gasteiger partial charge in [0.05, 0.1) is 0 Å². The van der Waals surface area contributed by atoms with Crippen molar-refractivity contribution in [1.82, 2.24) is 19.5 Å². The predicted octanol–water partition coefficient (Wildman–Crippen LogP) is 1.05. The number of hydrogen-bond donors (Lipinski definition) is 1. The third-order valence-corrected chi connectivity index (χ3v) is 3.76. The summed E-state index contributed by atoms with van der Waals surface area (Å²) in [4.78, 5) is 18.6. The lowest BCUT2D eigenvalue weighted by molar-refractivity contribution is 0.263. The first-order chi connectivity index (χ1) is 8.78. The van der Waals surface area contributed by atoms with Crippen LogP contribution in [0.2, 0.25) is 0 Å². The Labute approximate surface area is 105 Å². The first-order valence-corrected chi connectivity index (χ1v) is 6.58. The Hall–Kier alpha value is -1.62. The van der Waals surface area contributed by atoms with Crippen LogP contribution in [0.25, 0.3) is 5.65 Å². The first-order valence-electron chi connectivity index (χ1n) is 6.58. The van der Waals surface area contributed by atoms with Crippen LogP contribution in [0.15, 0.2) is 23.0 Å². The number of likely N-dealkylation sites (tertiary alicyclic amines) is 1. The maximum Gasteiger partial charge on any atom is 0.271 e. The van der Waals surface area contributed by atoms with Gasteiger partial charge in [-0.3, -0.25) is 9.89 Å². The number of aromatic amines is 1. The molecule has 96 valence electrons. The van der Waals surface area contributed by atoms with Crippen LogP contribution < -0.4 is 5.56 Å².